The van der Waals surface area contributed by atoms with E-state index in [1.807, 2.05) is 0 Å². The Kier molecular flexibility index (Phi) is 4.36. The van der Waals surface area contributed by atoms with Crippen LogP contribution in [0.1, 0.15) is 12.0 Å². The Morgan fingerprint density at radius 2 is 2.25 bits per heavy atom. The molecule has 9 heteroatoms. The summed E-state index contributed by atoms with van der Waals surface area (Å²) < 4.78 is 37.8. The molecule has 3 rings (SSSR count). The number of aryl methyl sites for hydroxylation is 1. The predicted octanol–water partition coefficient (Wildman–Crippen LogP) is 1.65. The van der Waals surface area contributed by atoms with E-state index in [2.05, 4.69) is 4.99 Å². The van der Waals surface area contributed by atoms with Crippen molar-refractivity contribution in [2.75, 3.05) is 16.4 Å². The Labute approximate surface area is 143 Å². The molecule has 24 heavy (non-hydrogen) atoms. The molecule has 0 N–H and O–H groups in total. The second-order valence-electron chi connectivity index (χ2n) is 5.73. The Bertz CT molecular complexity index is 876. The van der Waals surface area contributed by atoms with E-state index in [-0.39, 0.29) is 23.2 Å². The van der Waals surface area contributed by atoms with Crippen LogP contribution in [0.5, 0.6) is 0 Å². The number of sulfone groups is 1. The molecule has 1 amide bonds. The molecule has 0 aliphatic carbocycles. The monoisotopic (exact) mass is 367 g/mol. The molecule has 6 nitrogen and oxygen atoms in total. The van der Waals surface area contributed by atoms with Crippen molar-refractivity contribution < 1.29 is 17.6 Å². The topological polar surface area (TPSA) is 90.6 Å². The highest BCUT2D eigenvalue weighted by Crippen LogP contribution is 2.41. The molecule has 0 spiro atoms. The van der Waals surface area contributed by atoms with Crippen molar-refractivity contribution in [1.29, 1.82) is 5.26 Å². The van der Waals surface area contributed by atoms with Gasteiger partial charge in [0, 0.05) is 10.9 Å². The van der Waals surface area contributed by atoms with Gasteiger partial charge in [-0.2, -0.15) is 10.3 Å². The van der Waals surface area contributed by atoms with Crippen LogP contribution >= 0.6 is 11.8 Å². The van der Waals surface area contributed by atoms with Gasteiger partial charge in [-0.3, -0.25) is 4.79 Å². The molecular weight excluding hydrogens is 353 g/mol. The first kappa shape index (κ1) is 16.9. The van der Waals surface area contributed by atoms with Gasteiger partial charge in [0.05, 0.1) is 23.6 Å². The van der Waals surface area contributed by atoms with Gasteiger partial charge in [-0.25, -0.2) is 12.8 Å². The molecule has 126 valence electrons. The first-order chi connectivity index (χ1) is 11.3. The molecule has 1 aromatic rings. The van der Waals surface area contributed by atoms with Crippen molar-refractivity contribution in [3.05, 3.63) is 29.6 Å². The standard InChI is InChI=1S/C15H14FN3O3S2/c1-9-2-3-10(6-11(9)16)19-12-7-24(21,22)8-13(12)23-15(19)18-14(20)4-5-17/h2-3,6,12-13H,4,7-8H2,1H3. The van der Waals surface area contributed by atoms with E-state index in [9.17, 15) is 17.6 Å². The molecule has 0 radical (unpaired) electrons. The van der Waals surface area contributed by atoms with Crippen molar-refractivity contribution in [3.8, 4) is 6.07 Å². The normalized spacial score (nSPS) is 26.4. The number of amidine groups is 1. The smallest absolute Gasteiger partial charge is 0.262 e. The van der Waals surface area contributed by atoms with Gasteiger partial charge in [-0.1, -0.05) is 17.8 Å². The number of benzene rings is 1. The van der Waals surface area contributed by atoms with Crippen molar-refractivity contribution >= 4 is 38.4 Å². The Balaban J connectivity index is 2.03. The van der Waals surface area contributed by atoms with Gasteiger partial charge in [0.2, 0.25) is 0 Å². The Hall–Kier alpha value is -1.92. The fourth-order valence-corrected chi connectivity index (χ4v) is 6.74. The maximum absolute atomic E-state index is 13.9. The lowest BCUT2D eigenvalue weighted by Gasteiger charge is -2.24. The number of amides is 1. The van der Waals surface area contributed by atoms with Gasteiger partial charge in [-0.15, -0.1) is 0 Å². The zero-order valence-electron chi connectivity index (χ0n) is 12.8. The Morgan fingerprint density at radius 1 is 1.50 bits per heavy atom. The minimum Gasteiger partial charge on any atom is -0.315 e. The predicted molar refractivity (Wildman–Crippen MR) is 90.1 cm³/mol. The van der Waals surface area contributed by atoms with Crippen molar-refractivity contribution in [2.45, 2.75) is 24.6 Å². The second kappa shape index (κ2) is 6.18. The molecule has 2 atom stereocenters. The highest BCUT2D eigenvalue weighted by atomic mass is 32.2. The summed E-state index contributed by atoms with van der Waals surface area (Å²) in [6.07, 6.45) is -0.353. The number of hydrogen-bond donors (Lipinski definition) is 0. The molecule has 2 unspecified atom stereocenters. The summed E-state index contributed by atoms with van der Waals surface area (Å²) in [6.45, 7) is 1.63. The van der Waals surface area contributed by atoms with Gasteiger partial charge in [0.25, 0.3) is 5.91 Å². The lowest BCUT2D eigenvalue weighted by atomic mass is 10.1. The number of nitriles is 1. The number of thioether (sulfide) groups is 1. The van der Waals surface area contributed by atoms with E-state index in [1.165, 1.54) is 17.8 Å². The first-order valence-electron chi connectivity index (χ1n) is 7.21. The van der Waals surface area contributed by atoms with E-state index in [0.29, 0.717) is 16.4 Å². The number of anilines is 1. The number of nitrogens with zero attached hydrogens (tertiary/aromatic N) is 3. The highest BCUT2D eigenvalue weighted by molar-refractivity contribution is 8.16. The van der Waals surface area contributed by atoms with Crippen molar-refractivity contribution in [3.63, 3.8) is 0 Å². The maximum atomic E-state index is 13.9. The third kappa shape index (κ3) is 3.16. The number of carbonyl (C=O) groups excluding carboxylic acids is 1. The summed E-state index contributed by atoms with van der Waals surface area (Å²) in [7, 11) is -3.18. The van der Waals surface area contributed by atoms with Crippen LogP contribution in [-0.4, -0.2) is 42.3 Å². The largest absolute Gasteiger partial charge is 0.315 e. The van der Waals surface area contributed by atoms with Crippen LogP contribution in [0.25, 0.3) is 0 Å². The molecule has 1 aromatic carbocycles. The molecule has 0 bridgehead atoms. The van der Waals surface area contributed by atoms with Gasteiger partial charge in [0.15, 0.2) is 15.0 Å². The van der Waals surface area contributed by atoms with E-state index in [1.54, 1.807) is 30.0 Å². The summed E-state index contributed by atoms with van der Waals surface area (Å²) in [6, 6.07) is 5.93. The summed E-state index contributed by atoms with van der Waals surface area (Å²) in [4.78, 5) is 17.2. The quantitative estimate of drug-likeness (QED) is 0.789. The summed E-state index contributed by atoms with van der Waals surface area (Å²) in [5.74, 6) is -1.07. The zero-order valence-corrected chi connectivity index (χ0v) is 14.4. The summed E-state index contributed by atoms with van der Waals surface area (Å²) in [5, 5.41) is 8.67. The van der Waals surface area contributed by atoms with Crippen LogP contribution in [0, 0.1) is 24.1 Å². The number of aliphatic imine (C=N–C) groups is 1. The SMILES string of the molecule is Cc1ccc(N2C(=NC(=O)CC#N)SC3CS(=O)(=O)CC32)cc1F. The average molecular weight is 367 g/mol. The van der Waals surface area contributed by atoms with E-state index in [0.717, 1.165) is 0 Å². The van der Waals surface area contributed by atoms with Crippen molar-refractivity contribution in [1.82, 2.24) is 0 Å². The van der Waals surface area contributed by atoms with E-state index < -0.39 is 27.6 Å². The summed E-state index contributed by atoms with van der Waals surface area (Å²) in [5.41, 5.74) is 0.930. The van der Waals surface area contributed by atoms with Crippen LogP contribution in [0.15, 0.2) is 23.2 Å². The van der Waals surface area contributed by atoms with Gasteiger partial charge < -0.3 is 4.90 Å². The maximum Gasteiger partial charge on any atom is 0.262 e. The third-order valence-electron chi connectivity index (χ3n) is 3.95. The number of rotatable bonds is 2. The minimum atomic E-state index is -3.18. The number of fused-ring (bicyclic) bond motifs is 1. The van der Waals surface area contributed by atoms with Crippen LogP contribution in [-0.2, 0) is 14.6 Å². The molecule has 2 heterocycles. The van der Waals surface area contributed by atoms with E-state index in [4.69, 9.17) is 5.26 Å². The molecule has 2 fully saturated rings. The molecule has 2 aliphatic rings. The lowest BCUT2D eigenvalue weighted by molar-refractivity contribution is -0.116. The second-order valence-corrected chi connectivity index (χ2v) is 9.09. The van der Waals surface area contributed by atoms with Gasteiger partial charge in [-0.05, 0) is 24.6 Å². The van der Waals surface area contributed by atoms with Crippen LogP contribution in [0.2, 0.25) is 0 Å². The summed E-state index contributed by atoms with van der Waals surface area (Å²) >= 11 is 1.19. The molecule has 2 saturated heterocycles. The lowest BCUT2D eigenvalue weighted by Crippen LogP contribution is -2.37. The minimum absolute atomic E-state index is 0.00135. The van der Waals surface area contributed by atoms with Crippen LogP contribution in [0.4, 0.5) is 10.1 Å². The highest BCUT2D eigenvalue weighted by Gasteiger charge is 2.49. The molecular formula is C15H14FN3O3S2. The zero-order chi connectivity index (χ0) is 17.5. The molecule has 2 aliphatic heterocycles. The van der Waals surface area contributed by atoms with Crippen LogP contribution < -0.4 is 4.90 Å². The number of carbonyl (C=O) groups is 1. The molecule has 0 aromatic heterocycles. The van der Waals surface area contributed by atoms with Gasteiger partial charge in [0.1, 0.15) is 12.2 Å². The molecule has 0 saturated carbocycles. The number of hydrogen-bond acceptors (Lipinski definition) is 5. The third-order valence-corrected chi connectivity index (χ3v) is 7.16. The fourth-order valence-electron chi connectivity index (χ4n) is 2.81. The average Bonchev–Trinajstić information content (AvgIpc) is 2.93. The first-order valence-corrected chi connectivity index (χ1v) is 9.92. The number of halogens is 1. The van der Waals surface area contributed by atoms with Gasteiger partial charge >= 0.3 is 0 Å². The van der Waals surface area contributed by atoms with E-state index >= 15 is 0 Å². The fraction of sp³-hybridized carbons (Fsp3) is 0.400. The van der Waals surface area contributed by atoms with Crippen molar-refractivity contribution in [2.24, 2.45) is 4.99 Å². The Morgan fingerprint density at radius 3 is 2.92 bits per heavy atom. The van der Waals surface area contributed by atoms with Crippen LogP contribution in [0.3, 0.4) is 0 Å².